The van der Waals surface area contributed by atoms with Gasteiger partial charge in [-0.2, -0.15) is 0 Å². The number of rotatable bonds is 5. The summed E-state index contributed by atoms with van der Waals surface area (Å²) in [5.41, 5.74) is 2.82. The molecular formula is C17H21NO3. The molecule has 0 radical (unpaired) electrons. The summed E-state index contributed by atoms with van der Waals surface area (Å²) in [6.07, 6.45) is 4.91. The van der Waals surface area contributed by atoms with Crippen molar-refractivity contribution in [2.75, 3.05) is 6.54 Å². The molecular weight excluding hydrogens is 266 g/mol. The molecule has 1 amide bonds. The van der Waals surface area contributed by atoms with Crippen molar-refractivity contribution in [1.82, 2.24) is 5.32 Å². The molecule has 112 valence electrons. The highest BCUT2D eigenvalue weighted by Gasteiger charge is 2.59. The molecule has 1 spiro atoms. The van der Waals surface area contributed by atoms with Crippen molar-refractivity contribution in [2.45, 2.75) is 43.9 Å². The second-order valence-electron chi connectivity index (χ2n) is 6.21. The number of carbonyl (C=O) groups excluding carboxylic acids is 1. The first-order valence-electron chi connectivity index (χ1n) is 7.71. The van der Waals surface area contributed by atoms with Gasteiger partial charge in [-0.25, -0.2) is 0 Å². The number of fused-ring (bicyclic) bond motifs is 2. The van der Waals surface area contributed by atoms with Crippen LogP contribution in [0.1, 0.15) is 43.2 Å². The van der Waals surface area contributed by atoms with Crippen molar-refractivity contribution in [3.63, 3.8) is 0 Å². The van der Waals surface area contributed by atoms with E-state index in [9.17, 15) is 9.59 Å². The molecule has 0 unspecified atom stereocenters. The molecule has 2 N–H and O–H groups in total. The molecule has 4 heteroatoms. The molecule has 1 fully saturated rings. The van der Waals surface area contributed by atoms with Gasteiger partial charge in [-0.3, -0.25) is 9.59 Å². The average molecular weight is 287 g/mol. The topological polar surface area (TPSA) is 66.4 Å². The summed E-state index contributed by atoms with van der Waals surface area (Å²) in [5, 5.41) is 11.5. The lowest BCUT2D eigenvalue weighted by molar-refractivity contribution is -0.137. The number of carboxylic acid groups (broad SMARTS) is 1. The fourth-order valence-electron chi connectivity index (χ4n) is 3.75. The van der Waals surface area contributed by atoms with Gasteiger partial charge in [0.25, 0.3) is 0 Å². The minimum absolute atomic E-state index is 0.0612. The lowest BCUT2D eigenvalue weighted by Crippen LogP contribution is -2.31. The first kappa shape index (κ1) is 14.1. The summed E-state index contributed by atoms with van der Waals surface area (Å²) >= 11 is 0. The predicted octanol–water partition coefficient (Wildman–Crippen LogP) is 2.26. The molecule has 3 rings (SSSR count). The summed E-state index contributed by atoms with van der Waals surface area (Å²) in [5.74, 6) is -0.644. The van der Waals surface area contributed by atoms with E-state index in [2.05, 4.69) is 29.6 Å². The standard InChI is InChI=1S/C17H21NO3/c19-15(20)8-4-10-18-16(21)14-11-17(14)9-3-6-12-5-1-2-7-13(12)17/h1-2,5,7,14H,3-4,6,8-11H2,(H,18,21)(H,19,20)/t14-,17+/m1/s1. The molecule has 21 heavy (non-hydrogen) atoms. The molecule has 2 atom stereocenters. The molecule has 0 bridgehead atoms. The number of nitrogens with one attached hydrogen (secondary N) is 1. The van der Waals surface area contributed by atoms with Crippen molar-refractivity contribution in [1.29, 1.82) is 0 Å². The van der Waals surface area contributed by atoms with Crippen molar-refractivity contribution in [3.8, 4) is 0 Å². The SMILES string of the molecule is O=C(O)CCCNC(=O)[C@H]1C[C@]12CCCc1ccccc12. The molecule has 1 aromatic rings. The number of carbonyl (C=O) groups is 2. The monoisotopic (exact) mass is 287 g/mol. The van der Waals surface area contributed by atoms with Gasteiger partial charge in [0.15, 0.2) is 0 Å². The van der Waals surface area contributed by atoms with Crippen LogP contribution in [0.15, 0.2) is 24.3 Å². The molecule has 4 nitrogen and oxygen atoms in total. The van der Waals surface area contributed by atoms with E-state index in [1.54, 1.807) is 0 Å². The summed E-state index contributed by atoms with van der Waals surface area (Å²) in [4.78, 5) is 22.7. The van der Waals surface area contributed by atoms with Crippen LogP contribution in [0.25, 0.3) is 0 Å². The summed E-state index contributed by atoms with van der Waals surface area (Å²) in [6, 6.07) is 8.48. The van der Waals surface area contributed by atoms with Crippen molar-refractivity contribution < 1.29 is 14.7 Å². The van der Waals surface area contributed by atoms with Crippen LogP contribution in [-0.2, 0) is 21.4 Å². The number of hydrogen-bond donors (Lipinski definition) is 2. The van der Waals surface area contributed by atoms with E-state index in [-0.39, 0.29) is 23.7 Å². The van der Waals surface area contributed by atoms with Crippen molar-refractivity contribution in [2.24, 2.45) is 5.92 Å². The Morgan fingerprint density at radius 1 is 1.33 bits per heavy atom. The maximum Gasteiger partial charge on any atom is 0.303 e. The van der Waals surface area contributed by atoms with E-state index in [1.165, 1.54) is 11.1 Å². The van der Waals surface area contributed by atoms with Gasteiger partial charge in [-0.1, -0.05) is 24.3 Å². The Bertz CT molecular complexity index is 569. The number of carboxylic acids is 1. The number of aryl methyl sites for hydroxylation is 1. The molecule has 2 aliphatic carbocycles. The Hall–Kier alpha value is -1.84. The zero-order chi connectivity index (χ0) is 14.9. The second-order valence-corrected chi connectivity index (χ2v) is 6.21. The summed E-state index contributed by atoms with van der Waals surface area (Å²) < 4.78 is 0. The largest absolute Gasteiger partial charge is 0.481 e. The molecule has 0 heterocycles. The van der Waals surface area contributed by atoms with Gasteiger partial charge in [0, 0.05) is 24.3 Å². The quantitative estimate of drug-likeness (QED) is 0.816. The van der Waals surface area contributed by atoms with E-state index in [0.717, 1.165) is 25.7 Å². The van der Waals surface area contributed by atoms with Crippen LogP contribution in [0, 0.1) is 5.92 Å². The van der Waals surface area contributed by atoms with Gasteiger partial charge in [0.2, 0.25) is 5.91 Å². The molecule has 1 aromatic carbocycles. The fourth-order valence-corrected chi connectivity index (χ4v) is 3.75. The number of amides is 1. The van der Waals surface area contributed by atoms with Crippen LogP contribution in [0.2, 0.25) is 0 Å². The average Bonchev–Trinajstić information content (AvgIpc) is 3.19. The highest BCUT2D eigenvalue weighted by Crippen LogP contribution is 2.60. The van der Waals surface area contributed by atoms with Crippen LogP contribution in [-0.4, -0.2) is 23.5 Å². The van der Waals surface area contributed by atoms with Gasteiger partial charge in [-0.15, -0.1) is 0 Å². The minimum atomic E-state index is -0.812. The van der Waals surface area contributed by atoms with Crippen LogP contribution < -0.4 is 5.32 Å². The van der Waals surface area contributed by atoms with Gasteiger partial charge >= 0.3 is 5.97 Å². The number of aliphatic carboxylic acids is 1. The number of benzene rings is 1. The number of hydrogen-bond acceptors (Lipinski definition) is 2. The lowest BCUT2D eigenvalue weighted by Gasteiger charge is -2.26. The van der Waals surface area contributed by atoms with E-state index in [4.69, 9.17) is 5.11 Å². The second kappa shape index (κ2) is 5.51. The zero-order valence-corrected chi connectivity index (χ0v) is 12.1. The van der Waals surface area contributed by atoms with Crippen LogP contribution in [0.4, 0.5) is 0 Å². The summed E-state index contributed by atoms with van der Waals surface area (Å²) in [6.45, 7) is 0.458. The zero-order valence-electron chi connectivity index (χ0n) is 12.1. The molecule has 0 aliphatic heterocycles. The van der Waals surface area contributed by atoms with Crippen molar-refractivity contribution >= 4 is 11.9 Å². The highest BCUT2D eigenvalue weighted by molar-refractivity contribution is 5.84. The Morgan fingerprint density at radius 2 is 2.14 bits per heavy atom. The minimum Gasteiger partial charge on any atom is -0.481 e. The molecule has 0 saturated heterocycles. The Labute approximate surface area is 124 Å². The maximum absolute atomic E-state index is 12.3. The van der Waals surface area contributed by atoms with Gasteiger partial charge < -0.3 is 10.4 Å². The third-order valence-electron chi connectivity index (χ3n) is 4.88. The predicted molar refractivity (Wildman–Crippen MR) is 79.0 cm³/mol. The van der Waals surface area contributed by atoms with E-state index < -0.39 is 5.97 Å². The van der Waals surface area contributed by atoms with E-state index in [0.29, 0.717) is 13.0 Å². The van der Waals surface area contributed by atoms with E-state index >= 15 is 0 Å². The maximum atomic E-state index is 12.3. The van der Waals surface area contributed by atoms with Crippen molar-refractivity contribution in [3.05, 3.63) is 35.4 Å². The lowest BCUT2D eigenvalue weighted by atomic mass is 9.78. The van der Waals surface area contributed by atoms with Crippen LogP contribution in [0.3, 0.4) is 0 Å². The first-order chi connectivity index (χ1) is 10.1. The third kappa shape index (κ3) is 2.67. The van der Waals surface area contributed by atoms with Crippen LogP contribution >= 0.6 is 0 Å². The Morgan fingerprint density at radius 3 is 2.95 bits per heavy atom. The van der Waals surface area contributed by atoms with Gasteiger partial charge in [0.1, 0.15) is 0 Å². The highest BCUT2D eigenvalue weighted by atomic mass is 16.4. The van der Waals surface area contributed by atoms with Gasteiger partial charge in [0.05, 0.1) is 0 Å². The molecule has 2 aliphatic rings. The molecule has 1 saturated carbocycles. The van der Waals surface area contributed by atoms with Gasteiger partial charge in [-0.05, 0) is 43.2 Å². The summed E-state index contributed by atoms with van der Waals surface area (Å²) in [7, 11) is 0. The van der Waals surface area contributed by atoms with Crippen LogP contribution in [0.5, 0.6) is 0 Å². The Kier molecular flexibility index (Phi) is 3.70. The fraction of sp³-hybridized carbons (Fsp3) is 0.529. The first-order valence-corrected chi connectivity index (χ1v) is 7.71. The smallest absolute Gasteiger partial charge is 0.303 e. The molecule has 0 aromatic heterocycles. The Balaban J connectivity index is 1.61. The third-order valence-corrected chi connectivity index (χ3v) is 4.88. The normalized spacial score (nSPS) is 26.2. The van der Waals surface area contributed by atoms with E-state index in [1.807, 2.05) is 0 Å².